The molecule has 2 aliphatic rings. The third-order valence-electron chi connectivity index (χ3n) is 6.01. The lowest BCUT2D eigenvalue weighted by atomic mass is 9.89. The number of halogens is 3. The molecule has 3 aromatic carbocycles. The third kappa shape index (κ3) is 3.69. The first kappa shape index (κ1) is 22.5. The van der Waals surface area contributed by atoms with E-state index >= 15 is 0 Å². The number of rotatable bonds is 4. The van der Waals surface area contributed by atoms with Gasteiger partial charge in [0.1, 0.15) is 12.0 Å². The molecular formula is C24H16F3N3O5. The number of imide groups is 1. The molecule has 35 heavy (non-hydrogen) atoms. The number of carbonyl (C=O) groups is 2. The number of hydrogen-bond donors (Lipinski definition) is 0. The number of amides is 2. The second-order valence-corrected chi connectivity index (χ2v) is 8.03. The van der Waals surface area contributed by atoms with Crippen LogP contribution in [0.1, 0.15) is 17.2 Å². The first-order valence-corrected chi connectivity index (χ1v) is 10.5. The molecule has 0 radical (unpaired) electrons. The highest BCUT2D eigenvalue weighted by Crippen LogP contribution is 2.49. The van der Waals surface area contributed by atoms with Crippen LogP contribution in [0.3, 0.4) is 0 Å². The van der Waals surface area contributed by atoms with Crippen LogP contribution in [-0.2, 0) is 20.6 Å². The van der Waals surface area contributed by atoms with Crippen LogP contribution in [0.25, 0.3) is 0 Å². The Bertz CT molecular complexity index is 1330. The second kappa shape index (κ2) is 8.20. The first-order chi connectivity index (χ1) is 16.7. The molecule has 0 spiro atoms. The summed E-state index contributed by atoms with van der Waals surface area (Å²) in [6, 6.07) is 17.0. The molecule has 11 heteroatoms. The number of hydroxylamine groups is 1. The van der Waals surface area contributed by atoms with Gasteiger partial charge in [0.15, 0.2) is 6.10 Å². The molecule has 2 aliphatic heterocycles. The molecule has 0 aliphatic carbocycles. The number of nitro benzene ring substituents is 1. The van der Waals surface area contributed by atoms with Gasteiger partial charge >= 0.3 is 6.18 Å². The van der Waals surface area contributed by atoms with E-state index in [1.54, 1.807) is 36.4 Å². The number of alkyl halides is 3. The quantitative estimate of drug-likeness (QED) is 0.304. The van der Waals surface area contributed by atoms with Gasteiger partial charge in [-0.05, 0) is 36.4 Å². The SMILES string of the molecule is O=C1C2ON(c3ccccc3)C(c3ccccc3[N+](=O)[O-])C2C(=O)N1c1cccc(C(F)(F)F)c1. The fourth-order valence-corrected chi connectivity index (χ4v) is 4.51. The molecule has 3 atom stereocenters. The lowest BCUT2D eigenvalue weighted by Gasteiger charge is -2.28. The smallest absolute Gasteiger partial charge is 0.273 e. The summed E-state index contributed by atoms with van der Waals surface area (Å²) in [7, 11) is 0. The number of fused-ring (bicyclic) bond motifs is 1. The van der Waals surface area contributed by atoms with Crippen LogP contribution in [0.2, 0.25) is 0 Å². The summed E-state index contributed by atoms with van der Waals surface area (Å²) in [6.07, 6.45) is -6.05. The van der Waals surface area contributed by atoms with E-state index < -0.39 is 46.5 Å². The van der Waals surface area contributed by atoms with Crippen LogP contribution < -0.4 is 9.96 Å². The summed E-state index contributed by atoms with van der Waals surface area (Å²) in [5.41, 5.74) is -0.951. The van der Waals surface area contributed by atoms with Crippen LogP contribution in [0.15, 0.2) is 78.9 Å². The Kier molecular flexibility index (Phi) is 5.28. The highest BCUT2D eigenvalue weighted by Gasteiger charge is 2.61. The van der Waals surface area contributed by atoms with Gasteiger partial charge in [-0.25, -0.2) is 9.96 Å². The molecule has 2 heterocycles. The van der Waals surface area contributed by atoms with E-state index in [0.717, 1.165) is 12.1 Å². The fourth-order valence-electron chi connectivity index (χ4n) is 4.51. The van der Waals surface area contributed by atoms with E-state index in [0.29, 0.717) is 16.7 Å². The fraction of sp³-hybridized carbons (Fsp3) is 0.167. The van der Waals surface area contributed by atoms with Crippen molar-refractivity contribution in [2.24, 2.45) is 5.92 Å². The minimum Gasteiger partial charge on any atom is -0.273 e. The Morgan fingerprint density at radius 1 is 0.857 bits per heavy atom. The lowest BCUT2D eigenvalue weighted by molar-refractivity contribution is -0.385. The zero-order valence-electron chi connectivity index (χ0n) is 17.8. The molecule has 8 nitrogen and oxygen atoms in total. The van der Waals surface area contributed by atoms with Crippen molar-refractivity contribution in [3.63, 3.8) is 0 Å². The molecule has 3 aromatic rings. The predicted molar refractivity (Wildman–Crippen MR) is 117 cm³/mol. The Balaban J connectivity index is 1.62. The predicted octanol–water partition coefficient (Wildman–Crippen LogP) is 4.66. The molecule has 0 bridgehead atoms. The van der Waals surface area contributed by atoms with Gasteiger partial charge in [0.25, 0.3) is 11.6 Å². The molecular weight excluding hydrogens is 467 g/mol. The van der Waals surface area contributed by atoms with Gasteiger partial charge < -0.3 is 0 Å². The maximum absolute atomic E-state index is 13.5. The number of carbonyl (C=O) groups excluding carboxylic acids is 2. The molecule has 3 unspecified atom stereocenters. The van der Waals surface area contributed by atoms with Crippen LogP contribution in [0.4, 0.5) is 30.2 Å². The standard InChI is InChI=1S/C24H16F3N3O5/c25-24(26,27)14-7-6-10-16(13-14)28-22(31)19-20(17-11-4-5-12-18(17)30(33)34)29(35-21(19)23(28)32)15-8-2-1-3-9-15/h1-13,19-21H. The summed E-state index contributed by atoms with van der Waals surface area (Å²) in [6.45, 7) is 0. The Labute approximate surface area is 196 Å². The molecule has 2 fully saturated rings. The van der Waals surface area contributed by atoms with Gasteiger partial charge in [-0.15, -0.1) is 0 Å². The monoisotopic (exact) mass is 483 g/mol. The van der Waals surface area contributed by atoms with Gasteiger partial charge in [0.05, 0.1) is 27.4 Å². The molecule has 5 rings (SSSR count). The zero-order chi connectivity index (χ0) is 24.9. The third-order valence-corrected chi connectivity index (χ3v) is 6.01. The number of nitrogens with zero attached hydrogens (tertiary/aromatic N) is 3. The minimum atomic E-state index is -4.68. The molecule has 2 saturated heterocycles. The highest BCUT2D eigenvalue weighted by molar-refractivity contribution is 6.24. The van der Waals surface area contributed by atoms with Gasteiger partial charge in [0, 0.05) is 6.07 Å². The largest absolute Gasteiger partial charge is 0.416 e. The molecule has 0 aromatic heterocycles. The second-order valence-electron chi connectivity index (χ2n) is 8.03. The number of anilines is 2. The number of para-hydroxylation sites is 2. The molecule has 178 valence electrons. The summed E-state index contributed by atoms with van der Waals surface area (Å²) in [4.78, 5) is 44.5. The van der Waals surface area contributed by atoms with E-state index in [1.807, 2.05) is 0 Å². The van der Waals surface area contributed by atoms with E-state index in [9.17, 15) is 32.9 Å². The molecule has 0 N–H and O–H groups in total. The van der Waals surface area contributed by atoms with Crippen LogP contribution in [-0.4, -0.2) is 22.8 Å². The first-order valence-electron chi connectivity index (χ1n) is 10.5. The maximum atomic E-state index is 13.5. The summed E-state index contributed by atoms with van der Waals surface area (Å²) in [5, 5.41) is 13.0. The van der Waals surface area contributed by atoms with Crippen LogP contribution in [0, 0.1) is 16.0 Å². The topological polar surface area (TPSA) is 93.0 Å². The van der Waals surface area contributed by atoms with Crippen LogP contribution in [0.5, 0.6) is 0 Å². The summed E-state index contributed by atoms with van der Waals surface area (Å²) in [5.74, 6) is -2.87. The maximum Gasteiger partial charge on any atom is 0.416 e. The van der Waals surface area contributed by atoms with Crippen molar-refractivity contribution in [2.45, 2.75) is 18.3 Å². The van der Waals surface area contributed by atoms with Crippen LogP contribution >= 0.6 is 0 Å². The van der Waals surface area contributed by atoms with Gasteiger partial charge in [-0.2, -0.15) is 13.2 Å². The van der Waals surface area contributed by atoms with Gasteiger partial charge in [0.2, 0.25) is 5.91 Å². The van der Waals surface area contributed by atoms with Crippen molar-refractivity contribution in [1.29, 1.82) is 0 Å². The van der Waals surface area contributed by atoms with E-state index in [-0.39, 0.29) is 16.9 Å². The van der Waals surface area contributed by atoms with Gasteiger partial charge in [-0.1, -0.05) is 36.4 Å². The number of nitro groups is 1. The van der Waals surface area contributed by atoms with Crippen molar-refractivity contribution < 1.29 is 32.5 Å². The Morgan fingerprint density at radius 2 is 1.51 bits per heavy atom. The Morgan fingerprint density at radius 3 is 2.20 bits per heavy atom. The van der Waals surface area contributed by atoms with E-state index in [4.69, 9.17) is 4.84 Å². The average molecular weight is 483 g/mol. The molecule has 0 saturated carbocycles. The van der Waals surface area contributed by atoms with Gasteiger partial charge in [-0.3, -0.25) is 24.5 Å². The van der Waals surface area contributed by atoms with Crippen molar-refractivity contribution in [2.75, 3.05) is 9.96 Å². The van der Waals surface area contributed by atoms with E-state index in [1.165, 1.54) is 29.3 Å². The summed E-state index contributed by atoms with van der Waals surface area (Å²) >= 11 is 0. The zero-order valence-corrected chi connectivity index (χ0v) is 17.8. The average Bonchev–Trinajstić information content (AvgIpc) is 3.35. The van der Waals surface area contributed by atoms with Crippen molar-refractivity contribution in [3.8, 4) is 0 Å². The Hall–Kier alpha value is -4.25. The highest BCUT2D eigenvalue weighted by atomic mass is 19.4. The molecule has 2 amide bonds. The minimum absolute atomic E-state index is 0.140. The van der Waals surface area contributed by atoms with Crippen molar-refractivity contribution in [1.82, 2.24) is 0 Å². The van der Waals surface area contributed by atoms with Crippen molar-refractivity contribution in [3.05, 3.63) is 100 Å². The lowest BCUT2D eigenvalue weighted by Crippen LogP contribution is -2.37. The normalized spacial score (nSPS) is 22.0. The number of hydrogen-bond acceptors (Lipinski definition) is 6. The summed E-state index contributed by atoms with van der Waals surface area (Å²) < 4.78 is 39.7. The van der Waals surface area contributed by atoms with Crippen molar-refractivity contribution >= 4 is 28.9 Å². The number of benzene rings is 3. The van der Waals surface area contributed by atoms with E-state index in [2.05, 4.69) is 0 Å².